The molecule has 62 valence electrons. The third-order valence-corrected chi connectivity index (χ3v) is 2.27. The minimum atomic E-state index is -0.0231. The smallest absolute Gasteiger partial charge is 0.0519 e. The Bertz CT molecular complexity index is 187. The van der Waals surface area contributed by atoms with E-state index in [-0.39, 0.29) is 12.0 Å². The Hall–Kier alpha value is -0.560. The van der Waals surface area contributed by atoms with Gasteiger partial charge in [-0.1, -0.05) is 37.6 Å². The van der Waals surface area contributed by atoms with Crippen LogP contribution in [-0.2, 0) is 0 Å². The molecule has 0 saturated carbocycles. The van der Waals surface area contributed by atoms with Gasteiger partial charge >= 0.3 is 0 Å². The number of rotatable bonds is 2. The summed E-state index contributed by atoms with van der Waals surface area (Å²) in [6.45, 7) is 4.41. The van der Waals surface area contributed by atoms with Gasteiger partial charge in [-0.3, -0.25) is 0 Å². The summed E-state index contributed by atoms with van der Waals surface area (Å²) in [6.07, 6.45) is 8.59. The number of aliphatic hydroxyl groups excluding tert-OH is 1. The first kappa shape index (κ1) is 8.54. The molecular formula is C10H16O. The molecule has 0 spiro atoms. The van der Waals surface area contributed by atoms with E-state index in [2.05, 4.69) is 32.1 Å². The fraction of sp³-hybridized carbons (Fsp3) is 0.600. The normalized spacial score (nSPS) is 18.3. The Kier molecular flexibility index (Phi) is 2.50. The van der Waals surface area contributed by atoms with Crippen molar-refractivity contribution in [3.63, 3.8) is 0 Å². The maximum Gasteiger partial charge on any atom is 0.0519 e. The van der Waals surface area contributed by atoms with Crippen molar-refractivity contribution in [3.8, 4) is 0 Å². The molecule has 0 saturated heterocycles. The lowest BCUT2D eigenvalue weighted by Crippen LogP contribution is -2.20. The zero-order valence-electron chi connectivity index (χ0n) is 7.30. The van der Waals surface area contributed by atoms with Gasteiger partial charge in [0.25, 0.3) is 0 Å². The summed E-state index contributed by atoms with van der Waals surface area (Å²) >= 11 is 0. The van der Waals surface area contributed by atoms with Gasteiger partial charge in [0, 0.05) is 5.41 Å². The summed E-state index contributed by atoms with van der Waals surface area (Å²) in [7, 11) is 0. The first-order chi connectivity index (χ1) is 5.17. The highest BCUT2D eigenvalue weighted by Crippen LogP contribution is 2.30. The third-order valence-electron chi connectivity index (χ3n) is 2.27. The molecule has 1 heteroatoms. The highest BCUT2D eigenvalue weighted by Gasteiger charge is 2.21. The number of hydrogen-bond donors (Lipinski definition) is 1. The lowest BCUT2D eigenvalue weighted by molar-refractivity contribution is 0.187. The lowest BCUT2D eigenvalue weighted by Gasteiger charge is -2.26. The minimum Gasteiger partial charge on any atom is -0.395 e. The van der Waals surface area contributed by atoms with Crippen molar-refractivity contribution >= 4 is 0 Å². The SMILES string of the molecule is CC(C)(CO)C1=CCC=CC1. The standard InChI is InChI=1S/C10H16O/c1-10(2,8-11)9-6-4-3-5-7-9/h3-4,7,11H,5-6,8H2,1-2H3. The summed E-state index contributed by atoms with van der Waals surface area (Å²) in [5.74, 6) is 0. The highest BCUT2D eigenvalue weighted by molar-refractivity contribution is 5.20. The first-order valence-corrected chi connectivity index (χ1v) is 4.12. The topological polar surface area (TPSA) is 20.2 Å². The van der Waals surface area contributed by atoms with Gasteiger partial charge in [-0.25, -0.2) is 0 Å². The molecule has 0 amide bonds. The molecule has 0 aromatic rings. The zero-order valence-corrected chi connectivity index (χ0v) is 7.30. The molecule has 1 aliphatic rings. The summed E-state index contributed by atoms with van der Waals surface area (Å²) in [5.41, 5.74) is 1.34. The summed E-state index contributed by atoms with van der Waals surface area (Å²) < 4.78 is 0. The van der Waals surface area contributed by atoms with E-state index in [9.17, 15) is 0 Å². The summed E-state index contributed by atoms with van der Waals surface area (Å²) in [5, 5.41) is 9.08. The average molecular weight is 152 g/mol. The van der Waals surface area contributed by atoms with Crippen LogP contribution in [0.15, 0.2) is 23.8 Å². The van der Waals surface area contributed by atoms with E-state index < -0.39 is 0 Å². The molecule has 1 N–H and O–H groups in total. The van der Waals surface area contributed by atoms with E-state index in [0.717, 1.165) is 12.8 Å². The Labute approximate surface area is 68.4 Å². The number of hydrogen-bond acceptors (Lipinski definition) is 1. The highest BCUT2D eigenvalue weighted by atomic mass is 16.3. The Morgan fingerprint density at radius 1 is 1.45 bits per heavy atom. The van der Waals surface area contributed by atoms with Crippen LogP contribution in [0.25, 0.3) is 0 Å². The van der Waals surface area contributed by atoms with Crippen LogP contribution < -0.4 is 0 Å². The van der Waals surface area contributed by atoms with Crippen LogP contribution in [0.3, 0.4) is 0 Å². The van der Waals surface area contributed by atoms with Crippen molar-refractivity contribution in [1.82, 2.24) is 0 Å². The Balaban J connectivity index is 2.66. The summed E-state index contributed by atoms with van der Waals surface area (Å²) in [6, 6.07) is 0. The van der Waals surface area contributed by atoms with Gasteiger partial charge in [0.15, 0.2) is 0 Å². The molecule has 1 rings (SSSR count). The van der Waals surface area contributed by atoms with Crippen molar-refractivity contribution in [2.24, 2.45) is 5.41 Å². The fourth-order valence-electron chi connectivity index (χ4n) is 1.25. The second-order valence-corrected chi connectivity index (χ2v) is 3.68. The van der Waals surface area contributed by atoms with Gasteiger partial charge in [0.05, 0.1) is 6.61 Å². The quantitative estimate of drug-likeness (QED) is 0.602. The first-order valence-electron chi connectivity index (χ1n) is 4.12. The van der Waals surface area contributed by atoms with Crippen molar-refractivity contribution in [2.75, 3.05) is 6.61 Å². The van der Waals surface area contributed by atoms with Gasteiger partial charge in [-0.2, -0.15) is 0 Å². The molecule has 0 bridgehead atoms. The molecule has 0 radical (unpaired) electrons. The zero-order chi connectivity index (χ0) is 8.32. The van der Waals surface area contributed by atoms with E-state index in [1.54, 1.807) is 0 Å². The molecule has 0 unspecified atom stereocenters. The maximum atomic E-state index is 9.08. The van der Waals surface area contributed by atoms with Crippen LogP contribution in [-0.4, -0.2) is 11.7 Å². The van der Waals surface area contributed by atoms with Crippen molar-refractivity contribution in [1.29, 1.82) is 0 Å². The molecule has 0 atom stereocenters. The molecular weight excluding hydrogens is 136 g/mol. The van der Waals surface area contributed by atoms with Crippen LogP contribution in [0.1, 0.15) is 26.7 Å². The Morgan fingerprint density at radius 3 is 2.64 bits per heavy atom. The van der Waals surface area contributed by atoms with E-state index in [1.165, 1.54) is 5.57 Å². The second-order valence-electron chi connectivity index (χ2n) is 3.68. The molecule has 11 heavy (non-hydrogen) atoms. The number of allylic oxidation sites excluding steroid dienone is 3. The molecule has 0 heterocycles. The van der Waals surface area contributed by atoms with Crippen LogP contribution in [0, 0.1) is 5.41 Å². The molecule has 0 aliphatic heterocycles. The van der Waals surface area contributed by atoms with Crippen molar-refractivity contribution in [3.05, 3.63) is 23.8 Å². The molecule has 1 aliphatic carbocycles. The minimum absolute atomic E-state index is 0.0231. The van der Waals surface area contributed by atoms with Crippen molar-refractivity contribution < 1.29 is 5.11 Å². The maximum absolute atomic E-state index is 9.08. The average Bonchev–Trinajstić information content (AvgIpc) is 2.06. The van der Waals surface area contributed by atoms with Gasteiger partial charge in [0.1, 0.15) is 0 Å². The Morgan fingerprint density at radius 2 is 2.18 bits per heavy atom. The van der Waals surface area contributed by atoms with Crippen LogP contribution in [0.4, 0.5) is 0 Å². The van der Waals surface area contributed by atoms with Gasteiger partial charge < -0.3 is 5.11 Å². The van der Waals surface area contributed by atoms with E-state index >= 15 is 0 Å². The predicted octanol–water partition coefficient (Wildman–Crippen LogP) is 2.28. The molecule has 0 aromatic carbocycles. The molecule has 0 aromatic heterocycles. The predicted molar refractivity (Wildman–Crippen MR) is 47.3 cm³/mol. The number of aliphatic hydroxyl groups is 1. The second kappa shape index (κ2) is 3.22. The molecule has 1 nitrogen and oxygen atoms in total. The third kappa shape index (κ3) is 1.93. The van der Waals surface area contributed by atoms with Gasteiger partial charge in [-0.15, -0.1) is 0 Å². The largest absolute Gasteiger partial charge is 0.395 e. The van der Waals surface area contributed by atoms with Crippen LogP contribution >= 0.6 is 0 Å². The van der Waals surface area contributed by atoms with Crippen molar-refractivity contribution in [2.45, 2.75) is 26.7 Å². The fourth-order valence-corrected chi connectivity index (χ4v) is 1.25. The van der Waals surface area contributed by atoms with Gasteiger partial charge in [0.2, 0.25) is 0 Å². The monoisotopic (exact) mass is 152 g/mol. The van der Waals surface area contributed by atoms with E-state index in [0.29, 0.717) is 0 Å². The van der Waals surface area contributed by atoms with E-state index in [1.807, 2.05) is 0 Å². The summed E-state index contributed by atoms with van der Waals surface area (Å²) in [4.78, 5) is 0. The van der Waals surface area contributed by atoms with Crippen LogP contribution in [0.2, 0.25) is 0 Å². The van der Waals surface area contributed by atoms with Gasteiger partial charge in [-0.05, 0) is 12.8 Å². The van der Waals surface area contributed by atoms with Crippen LogP contribution in [0.5, 0.6) is 0 Å². The molecule has 0 fully saturated rings. The lowest BCUT2D eigenvalue weighted by atomic mass is 9.81. The van der Waals surface area contributed by atoms with E-state index in [4.69, 9.17) is 5.11 Å².